The number of para-hydroxylation sites is 1. The molecule has 1 amide bonds. The fourth-order valence-corrected chi connectivity index (χ4v) is 1.52. The number of amides is 1. The summed E-state index contributed by atoms with van der Waals surface area (Å²) in [6.45, 7) is 0.503. The number of aryl methyl sites for hydroxylation is 1. The number of rotatable bonds is 4. The molecule has 2 aromatic rings. The van der Waals surface area contributed by atoms with Crippen LogP contribution >= 0.6 is 0 Å². The third-order valence-corrected chi connectivity index (χ3v) is 2.36. The van der Waals surface area contributed by atoms with Gasteiger partial charge in [0.1, 0.15) is 5.75 Å². The number of nitrogens with zero attached hydrogens (tertiary/aromatic N) is 2. The monoisotopic (exact) mass is 245 g/mol. The second kappa shape index (κ2) is 5.86. The van der Waals surface area contributed by atoms with Crippen LogP contribution in [0.4, 0.5) is 4.79 Å². The Balaban J connectivity index is 1.72. The SMILES string of the molecule is Cn1cnc(CCNC(=O)Oc2ccccc2)c1. The average Bonchev–Trinajstić information content (AvgIpc) is 2.76. The summed E-state index contributed by atoms with van der Waals surface area (Å²) in [7, 11) is 1.91. The molecule has 0 spiro atoms. The highest BCUT2D eigenvalue weighted by Gasteiger charge is 2.03. The summed E-state index contributed by atoms with van der Waals surface area (Å²) in [5.41, 5.74) is 0.942. The lowest BCUT2D eigenvalue weighted by molar-refractivity contribution is 0.200. The van der Waals surface area contributed by atoms with E-state index in [-0.39, 0.29) is 0 Å². The standard InChI is InChI=1S/C13H15N3O2/c1-16-9-11(15-10-16)7-8-14-13(17)18-12-5-3-2-4-6-12/h2-6,9-10H,7-8H2,1H3,(H,14,17). The quantitative estimate of drug-likeness (QED) is 0.892. The van der Waals surface area contributed by atoms with Crippen molar-refractivity contribution < 1.29 is 9.53 Å². The molecule has 0 saturated heterocycles. The summed E-state index contributed by atoms with van der Waals surface area (Å²) < 4.78 is 6.95. The topological polar surface area (TPSA) is 56.2 Å². The number of carbonyl (C=O) groups is 1. The first kappa shape index (κ1) is 12.2. The second-order valence-electron chi connectivity index (χ2n) is 3.91. The number of hydrogen-bond donors (Lipinski definition) is 1. The largest absolute Gasteiger partial charge is 0.412 e. The molecular weight excluding hydrogens is 230 g/mol. The molecule has 5 heteroatoms. The highest BCUT2D eigenvalue weighted by atomic mass is 16.5. The van der Waals surface area contributed by atoms with Gasteiger partial charge in [-0.05, 0) is 12.1 Å². The highest BCUT2D eigenvalue weighted by Crippen LogP contribution is 2.07. The Kier molecular flexibility index (Phi) is 3.96. The Hall–Kier alpha value is -2.30. The predicted molar refractivity (Wildman–Crippen MR) is 67.4 cm³/mol. The molecule has 1 aromatic carbocycles. The Morgan fingerprint density at radius 1 is 1.39 bits per heavy atom. The Bertz CT molecular complexity index is 508. The van der Waals surface area contributed by atoms with E-state index in [2.05, 4.69) is 10.3 Å². The van der Waals surface area contributed by atoms with E-state index in [0.29, 0.717) is 18.7 Å². The fraction of sp³-hybridized carbons (Fsp3) is 0.231. The first-order valence-corrected chi connectivity index (χ1v) is 5.71. The van der Waals surface area contributed by atoms with Crippen molar-refractivity contribution >= 4 is 6.09 Å². The summed E-state index contributed by atoms with van der Waals surface area (Å²) in [6, 6.07) is 8.97. The van der Waals surface area contributed by atoms with Crippen molar-refractivity contribution in [3.8, 4) is 5.75 Å². The average molecular weight is 245 g/mol. The van der Waals surface area contributed by atoms with Crippen LogP contribution in [0, 0.1) is 0 Å². The minimum absolute atomic E-state index is 0.447. The molecule has 0 radical (unpaired) electrons. The Morgan fingerprint density at radius 3 is 2.83 bits per heavy atom. The van der Waals surface area contributed by atoms with E-state index in [1.54, 1.807) is 18.5 Å². The maximum absolute atomic E-state index is 11.4. The number of nitrogens with one attached hydrogen (secondary N) is 1. The van der Waals surface area contributed by atoms with Gasteiger partial charge in [-0.2, -0.15) is 0 Å². The van der Waals surface area contributed by atoms with Crippen LogP contribution in [0.5, 0.6) is 5.75 Å². The van der Waals surface area contributed by atoms with Crippen molar-refractivity contribution in [2.45, 2.75) is 6.42 Å². The van der Waals surface area contributed by atoms with Crippen LogP contribution in [0.15, 0.2) is 42.9 Å². The van der Waals surface area contributed by atoms with Gasteiger partial charge in [-0.25, -0.2) is 9.78 Å². The van der Waals surface area contributed by atoms with Gasteiger partial charge in [0, 0.05) is 26.2 Å². The first-order valence-electron chi connectivity index (χ1n) is 5.71. The fourth-order valence-electron chi connectivity index (χ4n) is 1.52. The summed E-state index contributed by atoms with van der Waals surface area (Å²) in [5, 5.41) is 2.68. The third-order valence-electron chi connectivity index (χ3n) is 2.36. The number of ether oxygens (including phenoxy) is 1. The molecule has 0 saturated carbocycles. The van der Waals surface area contributed by atoms with E-state index in [1.807, 2.05) is 36.0 Å². The number of benzene rings is 1. The third kappa shape index (κ3) is 3.62. The molecule has 0 unspecified atom stereocenters. The predicted octanol–water partition coefficient (Wildman–Crippen LogP) is 1.75. The summed E-state index contributed by atoms with van der Waals surface area (Å²) in [4.78, 5) is 15.6. The minimum Gasteiger partial charge on any atom is -0.410 e. The van der Waals surface area contributed by atoms with Gasteiger partial charge >= 0.3 is 6.09 Å². The summed E-state index contributed by atoms with van der Waals surface area (Å²) >= 11 is 0. The van der Waals surface area contributed by atoms with E-state index in [4.69, 9.17) is 4.74 Å². The van der Waals surface area contributed by atoms with Crippen LogP contribution in [0.1, 0.15) is 5.69 Å². The van der Waals surface area contributed by atoms with Crippen molar-refractivity contribution in [2.24, 2.45) is 7.05 Å². The van der Waals surface area contributed by atoms with Crippen molar-refractivity contribution in [3.63, 3.8) is 0 Å². The smallest absolute Gasteiger partial charge is 0.410 e. The van der Waals surface area contributed by atoms with E-state index in [9.17, 15) is 4.79 Å². The molecule has 0 aliphatic carbocycles. The maximum atomic E-state index is 11.4. The van der Waals surface area contributed by atoms with Crippen LogP contribution in [0.2, 0.25) is 0 Å². The van der Waals surface area contributed by atoms with Crippen LogP contribution in [0.3, 0.4) is 0 Å². The van der Waals surface area contributed by atoms with Crippen molar-refractivity contribution in [2.75, 3.05) is 6.54 Å². The van der Waals surface area contributed by atoms with E-state index in [0.717, 1.165) is 5.69 Å². The van der Waals surface area contributed by atoms with Crippen molar-refractivity contribution in [1.82, 2.24) is 14.9 Å². The molecule has 1 N–H and O–H groups in total. The van der Waals surface area contributed by atoms with Crippen molar-refractivity contribution in [3.05, 3.63) is 48.5 Å². The van der Waals surface area contributed by atoms with Gasteiger partial charge in [-0.1, -0.05) is 18.2 Å². The van der Waals surface area contributed by atoms with Crippen LogP contribution < -0.4 is 10.1 Å². The highest BCUT2D eigenvalue weighted by molar-refractivity contribution is 5.70. The molecule has 94 valence electrons. The second-order valence-corrected chi connectivity index (χ2v) is 3.91. The van der Waals surface area contributed by atoms with Gasteiger partial charge in [-0.15, -0.1) is 0 Å². The van der Waals surface area contributed by atoms with Gasteiger partial charge in [0.05, 0.1) is 12.0 Å². The number of hydrogen-bond acceptors (Lipinski definition) is 3. The molecule has 18 heavy (non-hydrogen) atoms. The molecule has 0 fully saturated rings. The van der Waals surface area contributed by atoms with Crippen LogP contribution in [0.25, 0.3) is 0 Å². The van der Waals surface area contributed by atoms with E-state index < -0.39 is 6.09 Å². The molecule has 1 heterocycles. The molecule has 5 nitrogen and oxygen atoms in total. The molecule has 1 aromatic heterocycles. The molecular formula is C13H15N3O2. The first-order chi connectivity index (χ1) is 8.74. The molecule has 0 bridgehead atoms. The lowest BCUT2D eigenvalue weighted by Crippen LogP contribution is -2.28. The van der Waals surface area contributed by atoms with Crippen molar-refractivity contribution in [1.29, 1.82) is 0 Å². The number of carbonyl (C=O) groups excluding carboxylic acids is 1. The summed E-state index contributed by atoms with van der Waals surface area (Å²) in [6.07, 6.45) is 3.89. The molecule has 0 aliphatic heterocycles. The van der Waals surface area contributed by atoms with Gasteiger partial charge in [0.15, 0.2) is 0 Å². The van der Waals surface area contributed by atoms with Gasteiger partial charge in [0.2, 0.25) is 0 Å². The zero-order valence-electron chi connectivity index (χ0n) is 10.2. The zero-order chi connectivity index (χ0) is 12.8. The van der Waals surface area contributed by atoms with E-state index in [1.165, 1.54) is 0 Å². The molecule has 0 atom stereocenters. The van der Waals surface area contributed by atoms with Gasteiger partial charge in [0.25, 0.3) is 0 Å². The zero-order valence-corrected chi connectivity index (χ0v) is 10.2. The van der Waals surface area contributed by atoms with Gasteiger partial charge < -0.3 is 14.6 Å². The Morgan fingerprint density at radius 2 is 2.17 bits per heavy atom. The lowest BCUT2D eigenvalue weighted by atomic mass is 10.3. The minimum atomic E-state index is -0.447. The van der Waals surface area contributed by atoms with Crippen LogP contribution in [-0.4, -0.2) is 22.2 Å². The lowest BCUT2D eigenvalue weighted by Gasteiger charge is -2.05. The molecule has 2 rings (SSSR count). The maximum Gasteiger partial charge on any atom is 0.412 e. The Labute approximate surface area is 105 Å². The molecule has 0 aliphatic rings. The van der Waals surface area contributed by atoms with E-state index >= 15 is 0 Å². The number of aromatic nitrogens is 2. The van der Waals surface area contributed by atoms with Gasteiger partial charge in [-0.3, -0.25) is 0 Å². The summed E-state index contributed by atoms with van der Waals surface area (Å²) in [5.74, 6) is 0.535. The normalized spacial score (nSPS) is 10.1. The van der Waals surface area contributed by atoms with Crippen LogP contribution in [-0.2, 0) is 13.5 Å². The number of imidazole rings is 1.